The van der Waals surface area contributed by atoms with E-state index in [2.05, 4.69) is 26.9 Å². The Morgan fingerprint density at radius 1 is 1.18 bits per heavy atom. The van der Waals surface area contributed by atoms with Gasteiger partial charge in [0, 0.05) is 11.3 Å². The van der Waals surface area contributed by atoms with Crippen molar-refractivity contribution >= 4 is 11.6 Å². The molecule has 0 radical (unpaired) electrons. The summed E-state index contributed by atoms with van der Waals surface area (Å²) < 4.78 is 7.58. The average molecular weight is 377 g/mol. The Kier molecular flexibility index (Phi) is 5.06. The van der Waals surface area contributed by atoms with Gasteiger partial charge in [0.15, 0.2) is 5.82 Å². The molecule has 1 heterocycles. The molecule has 1 N–H and O–H groups in total. The average Bonchev–Trinajstić information content (AvgIpc) is 3.37. The van der Waals surface area contributed by atoms with Crippen molar-refractivity contribution in [1.29, 1.82) is 0 Å². The minimum atomic E-state index is -0.0942. The number of ether oxygens (including phenoxy) is 1. The Bertz CT molecular complexity index is 974. The first-order chi connectivity index (χ1) is 13.6. The Morgan fingerprint density at radius 3 is 2.71 bits per heavy atom. The fourth-order valence-corrected chi connectivity index (χ4v) is 3.19. The van der Waals surface area contributed by atoms with Gasteiger partial charge < -0.3 is 10.1 Å². The first-order valence-electron chi connectivity index (χ1n) is 9.48. The van der Waals surface area contributed by atoms with Crippen LogP contribution in [0.1, 0.15) is 36.4 Å². The van der Waals surface area contributed by atoms with Gasteiger partial charge in [-0.15, -0.1) is 5.10 Å². The van der Waals surface area contributed by atoms with Crippen LogP contribution in [0.15, 0.2) is 42.5 Å². The number of carbonyl (C=O) groups is 1. The van der Waals surface area contributed by atoms with Crippen molar-refractivity contribution in [1.82, 2.24) is 20.2 Å². The number of hydrogen-bond donors (Lipinski definition) is 1. The van der Waals surface area contributed by atoms with Crippen molar-refractivity contribution < 1.29 is 9.53 Å². The summed E-state index contributed by atoms with van der Waals surface area (Å²) in [5, 5.41) is 14.9. The van der Waals surface area contributed by atoms with Crippen LogP contribution in [0.5, 0.6) is 5.75 Å². The Hall–Kier alpha value is -3.22. The Balaban J connectivity index is 1.35. The van der Waals surface area contributed by atoms with E-state index in [0.29, 0.717) is 12.6 Å². The zero-order valence-electron chi connectivity index (χ0n) is 16.1. The largest absolute Gasteiger partial charge is 0.493 e. The molecule has 0 aliphatic heterocycles. The molecule has 0 atom stereocenters. The summed E-state index contributed by atoms with van der Waals surface area (Å²) in [5.41, 5.74) is 3.90. The standard InChI is InChI=1S/C21H23N5O2/c1-14-10-15(2)12-19(11-14)28-9-8-20(27)22-17-5-3-4-16(13-17)21-23-24-25-26(21)18-6-7-18/h3-5,10-13,18H,6-9H2,1-2H3,(H,22,27). The maximum absolute atomic E-state index is 12.3. The topological polar surface area (TPSA) is 81.9 Å². The molecule has 0 bridgehead atoms. The highest BCUT2D eigenvalue weighted by Crippen LogP contribution is 2.36. The zero-order chi connectivity index (χ0) is 19.5. The van der Waals surface area contributed by atoms with Gasteiger partial charge >= 0.3 is 0 Å². The number of anilines is 1. The van der Waals surface area contributed by atoms with Crippen LogP contribution in [0, 0.1) is 13.8 Å². The van der Waals surface area contributed by atoms with Crippen LogP contribution in [-0.2, 0) is 4.79 Å². The second-order valence-electron chi connectivity index (χ2n) is 7.23. The van der Waals surface area contributed by atoms with E-state index in [9.17, 15) is 4.79 Å². The Labute approximate surface area is 163 Å². The second kappa shape index (κ2) is 7.80. The highest BCUT2D eigenvalue weighted by atomic mass is 16.5. The smallest absolute Gasteiger partial charge is 0.227 e. The number of amides is 1. The predicted octanol–water partition coefficient (Wildman–Crippen LogP) is 3.70. The molecule has 0 saturated heterocycles. The van der Waals surface area contributed by atoms with Gasteiger partial charge in [0.1, 0.15) is 5.75 Å². The van der Waals surface area contributed by atoms with Crippen LogP contribution < -0.4 is 10.1 Å². The van der Waals surface area contributed by atoms with E-state index in [4.69, 9.17) is 4.74 Å². The van der Waals surface area contributed by atoms with Crippen molar-refractivity contribution in [2.24, 2.45) is 0 Å². The highest BCUT2D eigenvalue weighted by molar-refractivity contribution is 5.91. The third-order valence-electron chi connectivity index (χ3n) is 4.58. The molecule has 3 aromatic rings. The van der Waals surface area contributed by atoms with Gasteiger partial charge in [-0.05, 0) is 72.5 Å². The SMILES string of the molecule is Cc1cc(C)cc(OCCC(=O)Nc2cccc(-c3nnnn3C3CC3)c2)c1. The molecule has 1 saturated carbocycles. The molecule has 1 aliphatic rings. The summed E-state index contributed by atoms with van der Waals surface area (Å²) in [4.78, 5) is 12.3. The molecule has 7 nitrogen and oxygen atoms in total. The maximum atomic E-state index is 12.3. The van der Waals surface area contributed by atoms with E-state index in [1.807, 2.05) is 54.9 Å². The number of aromatic nitrogens is 4. The van der Waals surface area contributed by atoms with E-state index in [-0.39, 0.29) is 12.3 Å². The molecule has 2 aromatic carbocycles. The van der Waals surface area contributed by atoms with Gasteiger partial charge in [-0.1, -0.05) is 18.2 Å². The minimum Gasteiger partial charge on any atom is -0.493 e. The van der Waals surface area contributed by atoms with Crippen molar-refractivity contribution in [3.05, 3.63) is 53.6 Å². The normalized spacial score (nSPS) is 13.4. The third kappa shape index (κ3) is 4.36. The van der Waals surface area contributed by atoms with Crippen LogP contribution in [0.4, 0.5) is 5.69 Å². The number of carbonyl (C=O) groups excluding carboxylic acids is 1. The summed E-state index contributed by atoms with van der Waals surface area (Å²) in [6.07, 6.45) is 2.49. The lowest BCUT2D eigenvalue weighted by molar-refractivity contribution is -0.116. The monoisotopic (exact) mass is 377 g/mol. The number of nitrogens with zero attached hydrogens (tertiary/aromatic N) is 4. The quantitative estimate of drug-likeness (QED) is 0.679. The molecule has 7 heteroatoms. The predicted molar refractivity (Wildman–Crippen MR) is 106 cm³/mol. The minimum absolute atomic E-state index is 0.0942. The number of hydrogen-bond acceptors (Lipinski definition) is 5. The fraction of sp³-hybridized carbons (Fsp3) is 0.333. The van der Waals surface area contributed by atoms with Gasteiger partial charge in [-0.3, -0.25) is 4.79 Å². The van der Waals surface area contributed by atoms with Crippen LogP contribution in [0.25, 0.3) is 11.4 Å². The van der Waals surface area contributed by atoms with Crippen molar-refractivity contribution in [2.45, 2.75) is 39.2 Å². The van der Waals surface area contributed by atoms with E-state index in [1.165, 1.54) is 0 Å². The van der Waals surface area contributed by atoms with Gasteiger partial charge in [0.25, 0.3) is 0 Å². The summed E-state index contributed by atoms with van der Waals surface area (Å²) in [6.45, 7) is 4.38. The number of benzene rings is 2. The fourth-order valence-electron chi connectivity index (χ4n) is 3.19. The molecule has 0 unspecified atom stereocenters. The number of rotatable bonds is 7. The van der Waals surface area contributed by atoms with E-state index in [1.54, 1.807) is 0 Å². The molecular weight excluding hydrogens is 354 g/mol. The molecule has 144 valence electrons. The Morgan fingerprint density at radius 2 is 1.96 bits per heavy atom. The van der Waals surface area contributed by atoms with Crippen LogP contribution >= 0.6 is 0 Å². The highest BCUT2D eigenvalue weighted by Gasteiger charge is 2.28. The summed E-state index contributed by atoms with van der Waals surface area (Å²) in [5.74, 6) is 1.43. The molecule has 1 aliphatic carbocycles. The molecule has 1 fully saturated rings. The molecule has 1 aromatic heterocycles. The number of aryl methyl sites for hydroxylation is 2. The third-order valence-corrected chi connectivity index (χ3v) is 4.58. The lowest BCUT2D eigenvalue weighted by Gasteiger charge is -2.10. The van der Waals surface area contributed by atoms with E-state index in [0.717, 1.165) is 46.8 Å². The van der Waals surface area contributed by atoms with Crippen molar-refractivity contribution in [2.75, 3.05) is 11.9 Å². The van der Waals surface area contributed by atoms with Crippen LogP contribution in [0.2, 0.25) is 0 Å². The lowest BCUT2D eigenvalue weighted by atomic mass is 10.1. The molecule has 4 rings (SSSR count). The van der Waals surface area contributed by atoms with Crippen molar-refractivity contribution in [3.8, 4) is 17.1 Å². The summed E-state index contributed by atoms with van der Waals surface area (Å²) in [6, 6.07) is 14.0. The summed E-state index contributed by atoms with van der Waals surface area (Å²) in [7, 11) is 0. The molecular formula is C21H23N5O2. The van der Waals surface area contributed by atoms with E-state index < -0.39 is 0 Å². The van der Waals surface area contributed by atoms with Crippen molar-refractivity contribution in [3.63, 3.8) is 0 Å². The molecule has 28 heavy (non-hydrogen) atoms. The maximum Gasteiger partial charge on any atom is 0.227 e. The van der Waals surface area contributed by atoms with Gasteiger partial charge in [-0.25, -0.2) is 4.68 Å². The van der Waals surface area contributed by atoms with Gasteiger partial charge in [0.05, 0.1) is 19.1 Å². The van der Waals surface area contributed by atoms with Gasteiger partial charge in [0.2, 0.25) is 5.91 Å². The first-order valence-corrected chi connectivity index (χ1v) is 9.48. The first kappa shape index (κ1) is 18.2. The van der Waals surface area contributed by atoms with E-state index >= 15 is 0 Å². The number of nitrogens with one attached hydrogen (secondary N) is 1. The van der Waals surface area contributed by atoms with Gasteiger partial charge in [-0.2, -0.15) is 0 Å². The number of tetrazole rings is 1. The molecule has 0 spiro atoms. The lowest BCUT2D eigenvalue weighted by Crippen LogP contribution is -2.15. The molecule has 1 amide bonds. The zero-order valence-corrected chi connectivity index (χ0v) is 16.1. The van der Waals surface area contributed by atoms with Crippen LogP contribution in [-0.4, -0.2) is 32.7 Å². The summed E-state index contributed by atoms with van der Waals surface area (Å²) >= 11 is 0. The van der Waals surface area contributed by atoms with Crippen LogP contribution in [0.3, 0.4) is 0 Å². The second-order valence-corrected chi connectivity index (χ2v) is 7.23.